The van der Waals surface area contributed by atoms with Gasteiger partial charge in [-0.2, -0.15) is 0 Å². The van der Waals surface area contributed by atoms with Crippen molar-refractivity contribution in [2.45, 2.75) is 18.5 Å². The zero-order valence-corrected chi connectivity index (χ0v) is 18.1. The SMILES string of the molecule is COc1ccc(CNC(=O)c2ccc([C@H]3SCC(=O)N3Cc3ccccc3)cc2)cc1. The fourth-order valence-electron chi connectivity index (χ4n) is 3.51. The van der Waals surface area contributed by atoms with Crippen molar-refractivity contribution < 1.29 is 14.3 Å². The minimum absolute atomic E-state index is 0.0379. The Morgan fingerprint density at radius 1 is 1.00 bits per heavy atom. The van der Waals surface area contributed by atoms with Gasteiger partial charge in [0, 0.05) is 18.7 Å². The van der Waals surface area contributed by atoms with Crippen LogP contribution < -0.4 is 10.1 Å². The average molecular weight is 433 g/mol. The third-order valence-electron chi connectivity index (χ3n) is 5.23. The molecule has 0 saturated carbocycles. The molecule has 0 radical (unpaired) electrons. The summed E-state index contributed by atoms with van der Waals surface area (Å²) in [6, 6.07) is 25.1. The standard InChI is InChI=1S/C25H24N2O3S/c1-30-22-13-7-18(8-14-22)15-26-24(29)20-9-11-21(12-10-20)25-27(23(28)17-31-25)16-19-5-3-2-4-6-19/h2-14,25H,15-17H2,1H3,(H,26,29)/t25-/m1/s1. The van der Waals surface area contributed by atoms with Crippen molar-refractivity contribution in [3.05, 3.63) is 101 Å². The second-order valence-corrected chi connectivity index (χ2v) is 8.39. The molecule has 31 heavy (non-hydrogen) atoms. The Morgan fingerprint density at radius 3 is 2.39 bits per heavy atom. The van der Waals surface area contributed by atoms with Crippen molar-refractivity contribution in [3.8, 4) is 5.75 Å². The summed E-state index contributed by atoms with van der Waals surface area (Å²) in [5.41, 5.74) is 3.74. The largest absolute Gasteiger partial charge is 0.497 e. The van der Waals surface area contributed by atoms with E-state index in [2.05, 4.69) is 5.32 Å². The number of rotatable bonds is 7. The van der Waals surface area contributed by atoms with E-state index in [1.54, 1.807) is 18.9 Å². The summed E-state index contributed by atoms with van der Waals surface area (Å²) in [4.78, 5) is 26.9. The van der Waals surface area contributed by atoms with Gasteiger partial charge in [-0.05, 0) is 41.0 Å². The maximum absolute atomic E-state index is 12.5. The number of carbonyl (C=O) groups excluding carboxylic acids is 2. The van der Waals surface area contributed by atoms with E-state index in [0.717, 1.165) is 22.4 Å². The molecule has 0 bridgehead atoms. The minimum Gasteiger partial charge on any atom is -0.497 e. The fraction of sp³-hybridized carbons (Fsp3) is 0.200. The molecule has 1 N–H and O–H groups in total. The summed E-state index contributed by atoms with van der Waals surface area (Å²) in [6.07, 6.45) is 0. The Labute approximate surface area is 186 Å². The predicted molar refractivity (Wildman–Crippen MR) is 123 cm³/mol. The molecule has 5 nitrogen and oxygen atoms in total. The van der Waals surface area contributed by atoms with Gasteiger partial charge in [-0.25, -0.2) is 0 Å². The van der Waals surface area contributed by atoms with E-state index >= 15 is 0 Å². The highest BCUT2D eigenvalue weighted by atomic mass is 32.2. The first-order chi connectivity index (χ1) is 15.1. The number of methoxy groups -OCH3 is 1. The second-order valence-electron chi connectivity index (χ2n) is 7.32. The van der Waals surface area contributed by atoms with Crippen LogP contribution in [0.5, 0.6) is 5.75 Å². The monoisotopic (exact) mass is 432 g/mol. The highest BCUT2D eigenvalue weighted by Gasteiger charge is 2.32. The van der Waals surface area contributed by atoms with E-state index in [-0.39, 0.29) is 17.2 Å². The number of thioether (sulfide) groups is 1. The van der Waals surface area contributed by atoms with Crippen LogP contribution in [-0.4, -0.2) is 29.6 Å². The van der Waals surface area contributed by atoms with Gasteiger partial charge in [0.1, 0.15) is 11.1 Å². The van der Waals surface area contributed by atoms with Crippen LogP contribution in [0.2, 0.25) is 0 Å². The lowest BCUT2D eigenvalue weighted by Gasteiger charge is -2.24. The highest BCUT2D eigenvalue weighted by molar-refractivity contribution is 8.00. The van der Waals surface area contributed by atoms with Gasteiger partial charge in [0.2, 0.25) is 5.91 Å². The van der Waals surface area contributed by atoms with Crippen molar-refractivity contribution in [1.82, 2.24) is 10.2 Å². The second kappa shape index (κ2) is 9.71. The van der Waals surface area contributed by atoms with Crippen LogP contribution in [0.3, 0.4) is 0 Å². The normalized spacial score (nSPS) is 15.7. The van der Waals surface area contributed by atoms with E-state index in [0.29, 0.717) is 24.4 Å². The molecule has 0 aromatic heterocycles. The number of ether oxygens (including phenoxy) is 1. The zero-order chi connectivity index (χ0) is 21.6. The van der Waals surface area contributed by atoms with E-state index in [1.807, 2.05) is 83.8 Å². The number of nitrogens with one attached hydrogen (secondary N) is 1. The Bertz CT molecular complexity index is 1040. The first-order valence-corrected chi connectivity index (χ1v) is 11.1. The maximum Gasteiger partial charge on any atom is 0.251 e. The molecule has 4 rings (SSSR count). The smallest absolute Gasteiger partial charge is 0.251 e. The van der Waals surface area contributed by atoms with Crippen LogP contribution in [-0.2, 0) is 17.9 Å². The number of hydrogen-bond donors (Lipinski definition) is 1. The Balaban J connectivity index is 1.39. The molecule has 3 aromatic rings. The number of nitrogens with zero attached hydrogens (tertiary/aromatic N) is 1. The molecule has 0 spiro atoms. The van der Waals surface area contributed by atoms with Gasteiger partial charge in [-0.15, -0.1) is 11.8 Å². The number of amides is 2. The summed E-state index contributed by atoms with van der Waals surface area (Å²) < 4.78 is 5.15. The molecule has 0 aliphatic carbocycles. The quantitative estimate of drug-likeness (QED) is 0.601. The molecule has 2 amide bonds. The van der Waals surface area contributed by atoms with Crippen LogP contribution in [0.1, 0.15) is 32.4 Å². The minimum atomic E-state index is -0.126. The van der Waals surface area contributed by atoms with Crippen molar-refractivity contribution >= 4 is 23.6 Å². The summed E-state index contributed by atoms with van der Waals surface area (Å²) in [5.74, 6) is 1.27. The lowest BCUT2D eigenvalue weighted by molar-refractivity contribution is -0.128. The van der Waals surface area contributed by atoms with Crippen LogP contribution in [0, 0.1) is 0 Å². The molecule has 1 fully saturated rings. The molecule has 0 unspecified atom stereocenters. The van der Waals surface area contributed by atoms with E-state index in [4.69, 9.17) is 4.74 Å². The third-order valence-corrected chi connectivity index (χ3v) is 6.49. The van der Waals surface area contributed by atoms with Crippen molar-refractivity contribution in [2.24, 2.45) is 0 Å². The molecular weight excluding hydrogens is 408 g/mol. The maximum atomic E-state index is 12.5. The topological polar surface area (TPSA) is 58.6 Å². The number of benzene rings is 3. The van der Waals surface area contributed by atoms with Crippen molar-refractivity contribution in [2.75, 3.05) is 12.9 Å². The summed E-state index contributed by atoms with van der Waals surface area (Å²) in [5, 5.41) is 2.90. The molecule has 1 aliphatic heterocycles. The van der Waals surface area contributed by atoms with Crippen LogP contribution in [0.4, 0.5) is 0 Å². The van der Waals surface area contributed by atoms with E-state index in [9.17, 15) is 9.59 Å². The van der Waals surface area contributed by atoms with Crippen LogP contribution in [0.15, 0.2) is 78.9 Å². The number of carbonyl (C=O) groups is 2. The van der Waals surface area contributed by atoms with Gasteiger partial charge in [0.25, 0.3) is 5.91 Å². The van der Waals surface area contributed by atoms with Gasteiger partial charge in [0.15, 0.2) is 0 Å². The molecule has 158 valence electrons. The van der Waals surface area contributed by atoms with Crippen molar-refractivity contribution in [3.63, 3.8) is 0 Å². The lowest BCUT2D eigenvalue weighted by Crippen LogP contribution is -2.27. The van der Waals surface area contributed by atoms with Crippen LogP contribution >= 0.6 is 11.8 Å². The van der Waals surface area contributed by atoms with Gasteiger partial charge < -0.3 is 15.0 Å². The van der Waals surface area contributed by atoms with Gasteiger partial charge in [-0.3, -0.25) is 9.59 Å². The average Bonchev–Trinajstić information content (AvgIpc) is 3.18. The van der Waals surface area contributed by atoms with E-state index < -0.39 is 0 Å². The highest BCUT2D eigenvalue weighted by Crippen LogP contribution is 2.39. The van der Waals surface area contributed by atoms with Crippen LogP contribution in [0.25, 0.3) is 0 Å². The Morgan fingerprint density at radius 2 is 1.71 bits per heavy atom. The summed E-state index contributed by atoms with van der Waals surface area (Å²) in [6.45, 7) is 1.03. The molecular formula is C25H24N2O3S. The fourth-order valence-corrected chi connectivity index (χ4v) is 4.70. The zero-order valence-electron chi connectivity index (χ0n) is 17.3. The Kier molecular flexibility index (Phi) is 6.57. The molecule has 3 aromatic carbocycles. The van der Waals surface area contributed by atoms with Gasteiger partial charge in [-0.1, -0.05) is 54.6 Å². The lowest BCUT2D eigenvalue weighted by atomic mass is 10.1. The summed E-state index contributed by atoms with van der Waals surface area (Å²) >= 11 is 1.62. The Hall–Kier alpha value is -3.25. The molecule has 6 heteroatoms. The summed E-state index contributed by atoms with van der Waals surface area (Å²) in [7, 11) is 1.63. The van der Waals surface area contributed by atoms with E-state index in [1.165, 1.54) is 0 Å². The predicted octanol–water partition coefficient (Wildman–Crippen LogP) is 4.40. The van der Waals surface area contributed by atoms with Crippen molar-refractivity contribution in [1.29, 1.82) is 0 Å². The molecule has 1 heterocycles. The molecule has 1 saturated heterocycles. The van der Waals surface area contributed by atoms with Gasteiger partial charge in [0.05, 0.1) is 12.9 Å². The molecule has 1 aliphatic rings. The first kappa shape index (κ1) is 21.0. The van der Waals surface area contributed by atoms with Gasteiger partial charge >= 0.3 is 0 Å². The first-order valence-electron chi connectivity index (χ1n) is 10.1. The number of hydrogen-bond acceptors (Lipinski definition) is 4. The third kappa shape index (κ3) is 5.09. The molecule has 1 atom stereocenters.